The molecule has 3 fully saturated rings. The summed E-state index contributed by atoms with van der Waals surface area (Å²) in [5.41, 5.74) is 0.957. The van der Waals surface area contributed by atoms with Crippen LogP contribution in [0.25, 0.3) is 0 Å². The smallest absolute Gasteiger partial charge is 0.0615 e. The predicted octanol–water partition coefficient (Wildman–Crippen LogP) is 1.39. The number of aliphatic hydroxyl groups is 1. The second-order valence-electron chi connectivity index (χ2n) is 5.45. The number of nitrogens with zero attached hydrogens (tertiary/aromatic N) is 1. The van der Waals surface area contributed by atoms with Crippen LogP contribution >= 0.6 is 0 Å². The third kappa shape index (κ3) is 1.08. The standard InChI is InChI=1S/C11H19NO/c13-9-11(5-6-11)12-7-10(8-12)3-1-2-4-10/h13H,1-9H2. The molecule has 1 N–H and O–H groups in total. The van der Waals surface area contributed by atoms with E-state index < -0.39 is 0 Å². The molecule has 1 spiro atoms. The fourth-order valence-electron chi connectivity index (χ4n) is 3.26. The zero-order chi connectivity index (χ0) is 8.94. The molecule has 13 heavy (non-hydrogen) atoms. The first-order chi connectivity index (χ1) is 6.29. The molecule has 1 aliphatic heterocycles. The molecule has 3 rings (SSSR count). The Hall–Kier alpha value is -0.0800. The molecule has 0 radical (unpaired) electrons. The molecule has 2 saturated carbocycles. The summed E-state index contributed by atoms with van der Waals surface area (Å²) in [6.07, 6.45) is 8.26. The SMILES string of the molecule is OCC1(N2CC3(CCCC3)C2)CC1. The fourth-order valence-corrected chi connectivity index (χ4v) is 3.26. The van der Waals surface area contributed by atoms with Gasteiger partial charge in [-0.1, -0.05) is 12.8 Å². The predicted molar refractivity (Wildman–Crippen MR) is 51.5 cm³/mol. The summed E-state index contributed by atoms with van der Waals surface area (Å²) in [4.78, 5) is 2.54. The van der Waals surface area contributed by atoms with E-state index in [0.717, 1.165) is 0 Å². The Labute approximate surface area is 79.9 Å². The van der Waals surface area contributed by atoms with Crippen molar-refractivity contribution >= 4 is 0 Å². The van der Waals surface area contributed by atoms with E-state index in [1.54, 1.807) is 0 Å². The second kappa shape index (κ2) is 2.48. The molecule has 2 nitrogen and oxygen atoms in total. The molecule has 74 valence electrons. The minimum Gasteiger partial charge on any atom is -0.394 e. The summed E-state index contributed by atoms with van der Waals surface area (Å²) >= 11 is 0. The first kappa shape index (κ1) is 8.25. The van der Waals surface area contributed by atoms with Crippen molar-refractivity contribution in [3.63, 3.8) is 0 Å². The van der Waals surface area contributed by atoms with Crippen LogP contribution in [0.4, 0.5) is 0 Å². The molecule has 0 aromatic heterocycles. The van der Waals surface area contributed by atoms with Gasteiger partial charge in [-0.05, 0) is 31.1 Å². The average Bonchev–Trinajstić information content (AvgIpc) is 2.72. The molecule has 0 aromatic rings. The lowest BCUT2D eigenvalue weighted by Crippen LogP contribution is -2.60. The lowest BCUT2D eigenvalue weighted by atomic mass is 9.77. The van der Waals surface area contributed by atoms with Gasteiger partial charge in [0.15, 0.2) is 0 Å². The van der Waals surface area contributed by atoms with Gasteiger partial charge in [-0.25, -0.2) is 0 Å². The Morgan fingerprint density at radius 3 is 2.08 bits per heavy atom. The number of hydrogen-bond donors (Lipinski definition) is 1. The van der Waals surface area contributed by atoms with Crippen molar-refractivity contribution in [2.75, 3.05) is 19.7 Å². The molecule has 2 aliphatic carbocycles. The van der Waals surface area contributed by atoms with Crippen molar-refractivity contribution < 1.29 is 5.11 Å². The summed E-state index contributed by atoms with van der Waals surface area (Å²) in [7, 11) is 0. The maximum atomic E-state index is 9.28. The Morgan fingerprint density at radius 2 is 1.62 bits per heavy atom. The van der Waals surface area contributed by atoms with Crippen LogP contribution < -0.4 is 0 Å². The molecule has 0 aromatic carbocycles. The molecule has 3 aliphatic rings. The van der Waals surface area contributed by atoms with Crippen LogP contribution in [-0.4, -0.2) is 35.2 Å². The monoisotopic (exact) mass is 181 g/mol. The lowest BCUT2D eigenvalue weighted by molar-refractivity contribution is -0.0533. The number of rotatable bonds is 2. The van der Waals surface area contributed by atoms with E-state index in [2.05, 4.69) is 4.90 Å². The van der Waals surface area contributed by atoms with Gasteiger partial charge in [0.2, 0.25) is 0 Å². The van der Waals surface area contributed by atoms with Crippen LogP contribution in [0.3, 0.4) is 0 Å². The van der Waals surface area contributed by atoms with Gasteiger partial charge < -0.3 is 5.11 Å². The maximum Gasteiger partial charge on any atom is 0.0615 e. The Balaban J connectivity index is 1.62. The normalized spacial score (nSPS) is 34.8. The van der Waals surface area contributed by atoms with Crippen LogP contribution in [0.1, 0.15) is 38.5 Å². The van der Waals surface area contributed by atoms with Gasteiger partial charge in [0.1, 0.15) is 0 Å². The Kier molecular flexibility index (Phi) is 1.58. The number of hydrogen-bond acceptors (Lipinski definition) is 2. The first-order valence-electron chi connectivity index (χ1n) is 5.65. The third-order valence-electron chi connectivity index (χ3n) is 4.51. The number of likely N-dealkylation sites (tertiary alicyclic amines) is 1. The highest BCUT2D eigenvalue weighted by molar-refractivity contribution is 5.11. The lowest BCUT2D eigenvalue weighted by Gasteiger charge is -2.52. The van der Waals surface area contributed by atoms with Crippen LogP contribution in [0.5, 0.6) is 0 Å². The van der Waals surface area contributed by atoms with Gasteiger partial charge in [0, 0.05) is 18.6 Å². The zero-order valence-electron chi connectivity index (χ0n) is 8.26. The highest BCUT2D eigenvalue weighted by atomic mass is 16.3. The molecular formula is C11H19NO. The van der Waals surface area contributed by atoms with Crippen LogP contribution in [-0.2, 0) is 0 Å². The highest BCUT2D eigenvalue weighted by Gasteiger charge is 2.56. The topological polar surface area (TPSA) is 23.5 Å². The van der Waals surface area contributed by atoms with Crippen molar-refractivity contribution in [2.45, 2.75) is 44.1 Å². The quantitative estimate of drug-likeness (QED) is 0.696. The van der Waals surface area contributed by atoms with E-state index in [0.29, 0.717) is 12.0 Å². The summed E-state index contributed by atoms with van der Waals surface area (Å²) in [6.45, 7) is 2.96. The Bertz CT molecular complexity index is 208. The minimum atomic E-state index is 0.258. The zero-order valence-corrected chi connectivity index (χ0v) is 8.26. The molecule has 2 heteroatoms. The molecule has 1 saturated heterocycles. The van der Waals surface area contributed by atoms with Gasteiger partial charge in [-0.15, -0.1) is 0 Å². The van der Waals surface area contributed by atoms with Crippen molar-refractivity contribution in [3.05, 3.63) is 0 Å². The number of aliphatic hydroxyl groups excluding tert-OH is 1. The summed E-state index contributed by atoms with van der Waals surface area (Å²) in [5.74, 6) is 0. The average molecular weight is 181 g/mol. The first-order valence-corrected chi connectivity index (χ1v) is 5.65. The molecular weight excluding hydrogens is 162 g/mol. The second-order valence-corrected chi connectivity index (χ2v) is 5.45. The van der Waals surface area contributed by atoms with Crippen molar-refractivity contribution in [1.82, 2.24) is 4.90 Å². The molecule has 0 bridgehead atoms. The van der Waals surface area contributed by atoms with Gasteiger partial charge >= 0.3 is 0 Å². The van der Waals surface area contributed by atoms with Crippen molar-refractivity contribution in [1.29, 1.82) is 0 Å². The third-order valence-corrected chi connectivity index (χ3v) is 4.51. The van der Waals surface area contributed by atoms with Crippen molar-refractivity contribution in [2.24, 2.45) is 5.41 Å². The Morgan fingerprint density at radius 1 is 1.00 bits per heavy atom. The fraction of sp³-hybridized carbons (Fsp3) is 1.00. The van der Waals surface area contributed by atoms with E-state index in [1.807, 2.05) is 0 Å². The molecule has 0 amide bonds. The van der Waals surface area contributed by atoms with Gasteiger partial charge in [0.25, 0.3) is 0 Å². The van der Waals surface area contributed by atoms with Gasteiger partial charge in [-0.3, -0.25) is 4.90 Å². The van der Waals surface area contributed by atoms with E-state index in [1.165, 1.54) is 51.6 Å². The van der Waals surface area contributed by atoms with Gasteiger partial charge in [-0.2, -0.15) is 0 Å². The molecule has 0 atom stereocenters. The molecule has 0 unspecified atom stereocenters. The maximum absolute atomic E-state index is 9.28. The largest absolute Gasteiger partial charge is 0.394 e. The summed E-state index contributed by atoms with van der Waals surface area (Å²) in [5, 5.41) is 9.28. The van der Waals surface area contributed by atoms with E-state index >= 15 is 0 Å². The highest BCUT2D eigenvalue weighted by Crippen LogP contribution is 2.53. The van der Waals surface area contributed by atoms with Crippen LogP contribution in [0.15, 0.2) is 0 Å². The summed E-state index contributed by atoms with van der Waals surface area (Å²) < 4.78 is 0. The van der Waals surface area contributed by atoms with E-state index in [9.17, 15) is 5.11 Å². The van der Waals surface area contributed by atoms with E-state index in [-0.39, 0.29) is 5.54 Å². The van der Waals surface area contributed by atoms with Crippen LogP contribution in [0, 0.1) is 5.41 Å². The minimum absolute atomic E-state index is 0.258. The molecule has 1 heterocycles. The van der Waals surface area contributed by atoms with Crippen molar-refractivity contribution in [3.8, 4) is 0 Å². The van der Waals surface area contributed by atoms with Crippen LogP contribution in [0.2, 0.25) is 0 Å². The van der Waals surface area contributed by atoms with E-state index in [4.69, 9.17) is 0 Å². The summed E-state index contributed by atoms with van der Waals surface area (Å²) in [6, 6.07) is 0. The van der Waals surface area contributed by atoms with Gasteiger partial charge in [0.05, 0.1) is 6.61 Å².